The first-order valence-electron chi connectivity index (χ1n) is 7.08. The van der Waals surface area contributed by atoms with Crippen LogP contribution >= 0.6 is 15.9 Å². The number of hydrogen-bond donors (Lipinski definition) is 1. The maximum absolute atomic E-state index is 12.7. The molecule has 0 aromatic carbocycles. The van der Waals surface area contributed by atoms with E-state index in [0.29, 0.717) is 19.6 Å². The highest BCUT2D eigenvalue weighted by molar-refractivity contribution is 9.10. The second-order valence-corrected chi connectivity index (χ2v) is 6.14. The van der Waals surface area contributed by atoms with Gasteiger partial charge in [-0.25, -0.2) is 4.98 Å². The third-order valence-corrected chi connectivity index (χ3v) is 4.17. The molecule has 7 heteroatoms. The topological polar surface area (TPSA) is 28.2 Å². The number of nitrogens with one attached hydrogen (secondary N) is 1. The predicted octanol–water partition coefficient (Wildman–Crippen LogP) is 3.73. The van der Waals surface area contributed by atoms with E-state index in [4.69, 9.17) is 0 Å². The standard InChI is InChI=1S/C14H19BrF3N3/c1-2-19-8-10-7-12(15)9-20-13(10)21-5-3-11(4-6-21)14(16,17)18/h7,9,11,19H,2-6,8H2,1H3. The van der Waals surface area contributed by atoms with Crippen LogP contribution in [0.5, 0.6) is 0 Å². The lowest BCUT2D eigenvalue weighted by Gasteiger charge is -2.34. The number of halogens is 4. The minimum atomic E-state index is -4.08. The molecule has 0 saturated carbocycles. The molecule has 118 valence electrons. The molecule has 0 amide bonds. The van der Waals surface area contributed by atoms with Crippen molar-refractivity contribution >= 4 is 21.7 Å². The van der Waals surface area contributed by atoms with Gasteiger partial charge in [-0.2, -0.15) is 13.2 Å². The molecule has 0 radical (unpaired) electrons. The summed E-state index contributed by atoms with van der Waals surface area (Å²) in [5, 5.41) is 3.24. The van der Waals surface area contributed by atoms with Gasteiger partial charge in [-0.05, 0) is 41.4 Å². The molecule has 3 nitrogen and oxygen atoms in total. The summed E-state index contributed by atoms with van der Waals surface area (Å²) in [4.78, 5) is 6.36. The molecule has 21 heavy (non-hydrogen) atoms. The van der Waals surface area contributed by atoms with Crippen molar-refractivity contribution in [2.75, 3.05) is 24.5 Å². The lowest BCUT2D eigenvalue weighted by Crippen LogP contribution is -2.40. The highest BCUT2D eigenvalue weighted by Gasteiger charge is 2.41. The van der Waals surface area contributed by atoms with Gasteiger partial charge in [0, 0.05) is 35.9 Å². The summed E-state index contributed by atoms with van der Waals surface area (Å²) in [6, 6.07) is 1.97. The molecule has 0 aliphatic carbocycles. The summed E-state index contributed by atoms with van der Waals surface area (Å²) in [6.07, 6.45) is -2.10. The number of pyridine rings is 1. The normalized spacial score (nSPS) is 17.3. The minimum Gasteiger partial charge on any atom is -0.356 e. The molecule has 1 fully saturated rings. The van der Waals surface area contributed by atoms with Crippen molar-refractivity contribution in [2.24, 2.45) is 5.92 Å². The zero-order chi connectivity index (χ0) is 15.5. The lowest BCUT2D eigenvalue weighted by molar-refractivity contribution is -0.179. The van der Waals surface area contributed by atoms with Gasteiger partial charge < -0.3 is 10.2 Å². The van der Waals surface area contributed by atoms with Crippen LogP contribution in [-0.4, -0.2) is 30.8 Å². The molecule has 1 aliphatic rings. The Bertz CT molecular complexity index is 471. The van der Waals surface area contributed by atoms with E-state index in [-0.39, 0.29) is 12.8 Å². The van der Waals surface area contributed by atoms with Gasteiger partial charge in [0.05, 0.1) is 5.92 Å². The van der Waals surface area contributed by atoms with Crippen LogP contribution in [0.25, 0.3) is 0 Å². The molecular weight excluding hydrogens is 347 g/mol. The number of nitrogens with zero attached hydrogens (tertiary/aromatic N) is 2. The summed E-state index contributed by atoms with van der Waals surface area (Å²) < 4.78 is 39.0. The van der Waals surface area contributed by atoms with Gasteiger partial charge in [0.2, 0.25) is 0 Å². The number of hydrogen-bond acceptors (Lipinski definition) is 3. The number of aromatic nitrogens is 1. The van der Waals surface area contributed by atoms with Crippen molar-refractivity contribution in [2.45, 2.75) is 32.5 Å². The van der Waals surface area contributed by atoms with Gasteiger partial charge >= 0.3 is 6.18 Å². The van der Waals surface area contributed by atoms with Gasteiger partial charge in [-0.15, -0.1) is 0 Å². The Kier molecular flexibility index (Phi) is 5.48. The van der Waals surface area contributed by atoms with Crippen molar-refractivity contribution in [1.29, 1.82) is 0 Å². The van der Waals surface area contributed by atoms with Crippen molar-refractivity contribution in [1.82, 2.24) is 10.3 Å². The van der Waals surface area contributed by atoms with Gasteiger partial charge in [0.1, 0.15) is 5.82 Å². The van der Waals surface area contributed by atoms with Crippen LogP contribution in [0.1, 0.15) is 25.3 Å². The van der Waals surface area contributed by atoms with Crippen LogP contribution in [0.2, 0.25) is 0 Å². The van der Waals surface area contributed by atoms with E-state index < -0.39 is 12.1 Å². The maximum Gasteiger partial charge on any atom is 0.391 e. The van der Waals surface area contributed by atoms with E-state index in [9.17, 15) is 13.2 Å². The lowest BCUT2D eigenvalue weighted by atomic mass is 9.96. The first kappa shape index (κ1) is 16.5. The third-order valence-electron chi connectivity index (χ3n) is 3.73. The average Bonchev–Trinajstić information content (AvgIpc) is 2.44. The third kappa shape index (κ3) is 4.32. The zero-order valence-corrected chi connectivity index (χ0v) is 13.5. The fourth-order valence-electron chi connectivity index (χ4n) is 2.57. The Hall–Kier alpha value is -0.820. The summed E-state index contributed by atoms with van der Waals surface area (Å²) in [6.45, 7) is 4.31. The molecule has 1 aromatic rings. The molecule has 1 aliphatic heterocycles. The van der Waals surface area contributed by atoms with Gasteiger partial charge in [0.25, 0.3) is 0 Å². The van der Waals surface area contributed by atoms with Crippen LogP contribution in [0, 0.1) is 5.92 Å². The summed E-state index contributed by atoms with van der Waals surface area (Å²) in [5.74, 6) is -0.388. The van der Waals surface area contributed by atoms with E-state index in [1.54, 1.807) is 6.20 Å². The number of alkyl halides is 3. The average molecular weight is 366 g/mol. The van der Waals surface area contributed by atoms with Gasteiger partial charge in [0.15, 0.2) is 0 Å². The largest absolute Gasteiger partial charge is 0.391 e. The second kappa shape index (κ2) is 6.96. The minimum absolute atomic E-state index is 0.141. The highest BCUT2D eigenvalue weighted by Crippen LogP contribution is 2.35. The monoisotopic (exact) mass is 365 g/mol. The molecule has 1 saturated heterocycles. The molecule has 1 N–H and O–H groups in total. The zero-order valence-electron chi connectivity index (χ0n) is 11.9. The van der Waals surface area contributed by atoms with Gasteiger partial charge in [-0.3, -0.25) is 0 Å². The van der Waals surface area contributed by atoms with Crippen molar-refractivity contribution in [3.05, 3.63) is 22.3 Å². The fraction of sp³-hybridized carbons (Fsp3) is 0.643. The molecule has 0 spiro atoms. The van der Waals surface area contributed by atoms with Crippen LogP contribution < -0.4 is 10.2 Å². The summed E-state index contributed by atoms with van der Waals surface area (Å²) >= 11 is 3.39. The first-order valence-corrected chi connectivity index (χ1v) is 7.88. The number of anilines is 1. The molecular formula is C14H19BrF3N3. The highest BCUT2D eigenvalue weighted by atomic mass is 79.9. The van der Waals surface area contributed by atoms with E-state index in [1.165, 1.54) is 0 Å². The predicted molar refractivity (Wildman–Crippen MR) is 80.3 cm³/mol. The smallest absolute Gasteiger partial charge is 0.356 e. The SMILES string of the molecule is CCNCc1cc(Br)cnc1N1CCC(C(F)(F)F)CC1. The first-order chi connectivity index (χ1) is 9.91. The van der Waals surface area contributed by atoms with Crippen LogP contribution in [-0.2, 0) is 6.54 Å². The summed E-state index contributed by atoms with van der Waals surface area (Å²) in [5.41, 5.74) is 1.01. The van der Waals surface area contributed by atoms with Crippen LogP contribution in [0.3, 0.4) is 0 Å². The van der Waals surface area contributed by atoms with Crippen LogP contribution in [0.4, 0.5) is 19.0 Å². The summed E-state index contributed by atoms with van der Waals surface area (Å²) in [7, 11) is 0. The molecule has 0 unspecified atom stereocenters. The quantitative estimate of drug-likeness (QED) is 0.880. The van der Waals surface area contributed by atoms with E-state index in [2.05, 4.69) is 26.2 Å². The molecule has 2 heterocycles. The van der Waals surface area contributed by atoms with Crippen molar-refractivity contribution < 1.29 is 13.2 Å². The molecule has 0 atom stereocenters. The Morgan fingerprint density at radius 3 is 2.62 bits per heavy atom. The Labute approximate surface area is 131 Å². The Morgan fingerprint density at radius 2 is 2.05 bits per heavy atom. The number of piperidine rings is 1. The molecule has 0 bridgehead atoms. The number of rotatable bonds is 4. The fourth-order valence-corrected chi connectivity index (χ4v) is 2.95. The van der Waals surface area contributed by atoms with E-state index >= 15 is 0 Å². The van der Waals surface area contributed by atoms with E-state index in [1.807, 2.05) is 17.9 Å². The molecule has 1 aromatic heterocycles. The molecule has 2 rings (SSSR count). The van der Waals surface area contributed by atoms with Gasteiger partial charge in [-0.1, -0.05) is 6.92 Å². The van der Waals surface area contributed by atoms with Crippen molar-refractivity contribution in [3.8, 4) is 0 Å². The Morgan fingerprint density at radius 1 is 1.38 bits per heavy atom. The van der Waals surface area contributed by atoms with Crippen LogP contribution in [0.15, 0.2) is 16.7 Å². The maximum atomic E-state index is 12.7. The Balaban J connectivity index is 2.09. The van der Waals surface area contributed by atoms with Crippen molar-refractivity contribution in [3.63, 3.8) is 0 Å². The van der Waals surface area contributed by atoms with E-state index in [0.717, 1.165) is 22.4 Å². The second-order valence-electron chi connectivity index (χ2n) is 5.22.